The molecule has 0 radical (unpaired) electrons. The van der Waals surface area contributed by atoms with Crippen LogP contribution in [0.15, 0.2) is 47.5 Å². The second-order valence-electron chi connectivity index (χ2n) is 20.3. The van der Waals surface area contributed by atoms with E-state index in [0.29, 0.717) is 57.8 Å². The van der Waals surface area contributed by atoms with E-state index in [1.165, 1.54) is 11.3 Å². The van der Waals surface area contributed by atoms with E-state index in [-0.39, 0.29) is 65.7 Å². The summed E-state index contributed by atoms with van der Waals surface area (Å²) < 4.78 is 12.5. The lowest BCUT2D eigenvalue weighted by Crippen LogP contribution is -2.75. The number of fused-ring (bicyclic) bond motifs is 3. The SMILES string of the molecule is CC1SC2C(C(c3ccc(NCC4CCN(C5NCC(C(=O)NC6C(C)(C)C(Oc7ccc(C#N)c(Cl)c7)C6(C)C)CN5)CC4)cc3)=NC(CC3NCCO3)C3NNC(C)N32)C1C. The molecule has 8 atom stereocenters. The van der Waals surface area contributed by atoms with Gasteiger partial charge in [-0.05, 0) is 61.4 Å². The summed E-state index contributed by atoms with van der Waals surface area (Å²) in [6.45, 7) is 21.5. The minimum Gasteiger partial charge on any atom is -0.489 e. The summed E-state index contributed by atoms with van der Waals surface area (Å²) in [7, 11) is 0. The molecule has 2 aromatic carbocycles. The number of benzene rings is 2. The largest absolute Gasteiger partial charge is 0.489 e. The molecule has 2 aromatic rings. The number of halogens is 1. The van der Waals surface area contributed by atoms with E-state index >= 15 is 0 Å². The van der Waals surface area contributed by atoms with Gasteiger partial charge in [0.15, 0.2) is 0 Å². The van der Waals surface area contributed by atoms with Crippen molar-refractivity contribution in [2.24, 2.45) is 39.5 Å². The van der Waals surface area contributed by atoms with E-state index in [1.54, 1.807) is 18.2 Å². The second-order valence-corrected chi connectivity index (χ2v) is 22.2. The molecule has 0 bridgehead atoms. The molecule has 63 heavy (non-hydrogen) atoms. The Bertz CT molecular complexity index is 2010. The van der Waals surface area contributed by atoms with Gasteiger partial charge >= 0.3 is 0 Å². The lowest BCUT2D eigenvalue weighted by atomic mass is 9.49. The lowest BCUT2D eigenvalue weighted by Gasteiger charge is -2.63. The molecule has 1 aliphatic carbocycles. The van der Waals surface area contributed by atoms with Crippen LogP contribution in [0.25, 0.3) is 0 Å². The number of carbonyl (C=O) groups is 1. The Morgan fingerprint density at radius 3 is 2.43 bits per heavy atom. The average molecular weight is 903 g/mol. The van der Waals surface area contributed by atoms with E-state index in [0.717, 1.165) is 57.7 Å². The third-order valence-electron chi connectivity index (χ3n) is 15.4. The summed E-state index contributed by atoms with van der Waals surface area (Å²) in [6, 6.07) is 16.3. The van der Waals surface area contributed by atoms with Gasteiger partial charge in [-0.3, -0.25) is 35.5 Å². The molecule has 14 nitrogen and oxygen atoms in total. The van der Waals surface area contributed by atoms with Crippen LogP contribution in [0.3, 0.4) is 0 Å². The number of nitriles is 1. The quantitative estimate of drug-likeness (QED) is 0.166. The zero-order valence-electron chi connectivity index (χ0n) is 37.9. The molecule has 6 fully saturated rings. The number of piperidine rings is 1. The molecule has 0 spiro atoms. The number of rotatable bonds is 11. The second kappa shape index (κ2) is 18.3. The third-order valence-corrected chi connectivity index (χ3v) is 17.4. The molecule has 6 heterocycles. The van der Waals surface area contributed by atoms with Gasteiger partial charge in [0, 0.05) is 91.2 Å². The molecular formula is C47H68ClN11O3S. The van der Waals surface area contributed by atoms with Gasteiger partial charge in [-0.2, -0.15) is 5.26 Å². The van der Waals surface area contributed by atoms with Crippen molar-refractivity contribution in [2.75, 3.05) is 51.2 Å². The first-order valence-corrected chi connectivity index (χ1v) is 24.6. The number of thioether (sulfide) groups is 1. The Morgan fingerprint density at radius 2 is 1.76 bits per heavy atom. The number of nitrogens with one attached hydrogen (secondary N) is 7. The average Bonchev–Trinajstić information content (AvgIpc) is 3.99. The molecule has 7 N–H and O–H groups in total. The molecule has 8 unspecified atom stereocenters. The minimum absolute atomic E-state index is 0.0278. The fourth-order valence-electron chi connectivity index (χ4n) is 11.9. The van der Waals surface area contributed by atoms with Crippen LogP contribution >= 0.6 is 23.4 Å². The molecule has 16 heteroatoms. The van der Waals surface area contributed by atoms with Gasteiger partial charge in [-0.25, -0.2) is 10.9 Å². The molecule has 1 saturated carbocycles. The Morgan fingerprint density at radius 1 is 1.03 bits per heavy atom. The van der Waals surface area contributed by atoms with Crippen LogP contribution in [-0.4, -0.2) is 121 Å². The van der Waals surface area contributed by atoms with Gasteiger partial charge in [-0.15, -0.1) is 11.8 Å². The highest BCUT2D eigenvalue weighted by atomic mass is 35.5. The molecule has 1 amide bonds. The Kier molecular flexibility index (Phi) is 13.1. The molecule has 342 valence electrons. The number of nitrogens with zero attached hydrogens (tertiary/aromatic N) is 4. The van der Waals surface area contributed by atoms with E-state index in [2.05, 4.69) is 138 Å². The molecule has 9 rings (SSSR count). The number of anilines is 1. The maximum Gasteiger partial charge on any atom is 0.225 e. The number of amides is 1. The van der Waals surface area contributed by atoms with Gasteiger partial charge < -0.3 is 20.1 Å². The molecule has 6 aliphatic heterocycles. The maximum absolute atomic E-state index is 13.7. The predicted octanol–water partition coefficient (Wildman–Crippen LogP) is 4.73. The smallest absolute Gasteiger partial charge is 0.225 e. The standard InChI is InChI=1S/C47H68ClN11O3S/c1-26-27(2)63-42-38(26)39(54-36(21-37-50-16-19-61-37)40-57-56-28(3)59(40)42)30-8-11-33(12-9-30)51-23-29-14-17-58(18-15-29)45-52-24-32(25-53-45)41(60)55-43-46(4,5)44(47(43,6)7)62-34-13-10-31(22-49)35(48)20-34/h8-13,20,26-29,32,36-38,40,42-45,50-53,56-57H,14-19,21,23-25H2,1-7H3,(H,55,60). The zero-order chi connectivity index (χ0) is 44.2. The molecular weight excluding hydrogens is 834 g/mol. The summed E-state index contributed by atoms with van der Waals surface area (Å²) in [6.07, 6.45) is 3.35. The van der Waals surface area contributed by atoms with Crippen molar-refractivity contribution in [3.8, 4) is 11.8 Å². The van der Waals surface area contributed by atoms with Gasteiger partial charge in [0.2, 0.25) is 5.91 Å². The predicted molar refractivity (Wildman–Crippen MR) is 250 cm³/mol. The Hall–Kier alpha value is -3.01. The van der Waals surface area contributed by atoms with E-state index in [1.807, 2.05) is 0 Å². The van der Waals surface area contributed by atoms with Crippen LogP contribution in [0.1, 0.15) is 78.9 Å². The fourth-order valence-corrected chi connectivity index (χ4v) is 14.0. The van der Waals surface area contributed by atoms with Crippen molar-refractivity contribution >= 4 is 40.7 Å². The van der Waals surface area contributed by atoms with Crippen LogP contribution in [0.2, 0.25) is 5.02 Å². The first-order chi connectivity index (χ1) is 30.2. The van der Waals surface area contributed by atoms with Crippen molar-refractivity contribution < 1.29 is 14.3 Å². The first-order valence-electron chi connectivity index (χ1n) is 23.3. The van der Waals surface area contributed by atoms with E-state index < -0.39 is 0 Å². The van der Waals surface area contributed by atoms with Crippen LogP contribution < -0.4 is 42.2 Å². The lowest BCUT2D eigenvalue weighted by molar-refractivity contribution is -0.174. The Balaban J connectivity index is 0.745. The topological polar surface area (TPSA) is 162 Å². The minimum atomic E-state index is -0.305. The zero-order valence-corrected chi connectivity index (χ0v) is 39.5. The van der Waals surface area contributed by atoms with Crippen LogP contribution in [0, 0.1) is 45.8 Å². The summed E-state index contributed by atoms with van der Waals surface area (Å²) in [5.41, 5.74) is 10.6. The number of likely N-dealkylation sites (tertiary alicyclic amines) is 1. The van der Waals surface area contributed by atoms with Crippen molar-refractivity contribution in [2.45, 2.75) is 121 Å². The number of ether oxygens (including phenoxy) is 2. The summed E-state index contributed by atoms with van der Waals surface area (Å²) >= 11 is 8.39. The summed E-state index contributed by atoms with van der Waals surface area (Å²) in [5.74, 6) is 1.96. The number of carbonyl (C=O) groups excluding carboxylic acids is 1. The normalized spacial score (nSPS) is 36.6. The van der Waals surface area contributed by atoms with Gasteiger partial charge in [0.1, 0.15) is 30.4 Å². The van der Waals surface area contributed by atoms with Crippen molar-refractivity contribution in [1.82, 2.24) is 41.9 Å². The number of aliphatic imine (C=N–C) groups is 1. The summed E-state index contributed by atoms with van der Waals surface area (Å²) in [4.78, 5) is 24.4. The maximum atomic E-state index is 13.7. The van der Waals surface area contributed by atoms with Crippen LogP contribution in [0.5, 0.6) is 5.75 Å². The Labute approximate surface area is 383 Å². The molecule has 0 aromatic heterocycles. The van der Waals surface area contributed by atoms with Gasteiger partial charge in [0.05, 0.1) is 46.9 Å². The highest BCUT2D eigenvalue weighted by Crippen LogP contribution is 2.56. The number of hydrogen-bond donors (Lipinski definition) is 7. The third kappa shape index (κ3) is 8.87. The first kappa shape index (κ1) is 45.2. The van der Waals surface area contributed by atoms with E-state index in [9.17, 15) is 10.1 Å². The van der Waals surface area contributed by atoms with Crippen LogP contribution in [-0.2, 0) is 9.53 Å². The monoisotopic (exact) mass is 901 g/mol. The van der Waals surface area contributed by atoms with E-state index in [4.69, 9.17) is 26.1 Å². The van der Waals surface area contributed by atoms with Crippen LogP contribution in [0.4, 0.5) is 5.69 Å². The van der Waals surface area contributed by atoms with Crippen molar-refractivity contribution in [1.29, 1.82) is 5.26 Å². The highest BCUT2D eigenvalue weighted by molar-refractivity contribution is 8.00. The van der Waals surface area contributed by atoms with Gasteiger partial charge in [-0.1, -0.05) is 65.3 Å². The number of hydrogen-bond acceptors (Lipinski definition) is 14. The van der Waals surface area contributed by atoms with Gasteiger partial charge in [0.25, 0.3) is 0 Å². The van der Waals surface area contributed by atoms with Crippen molar-refractivity contribution in [3.63, 3.8) is 0 Å². The summed E-state index contributed by atoms with van der Waals surface area (Å²) in [5, 5.41) is 28.5. The van der Waals surface area contributed by atoms with Crippen molar-refractivity contribution in [3.05, 3.63) is 58.6 Å². The number of hydrazine groups is 1. The molecule has 5 saturated heterocycles. The molecule has 7 aliphatic rings. The highest BCUT2D eigenvalue weighted by Gasteiger charge is 2.64. The fraction of sp³-hybridized carbons (Fsp3) is 0.681.